The highest BCUT2D eigenvalue weighted by Gasteiger charge is 2.21. The number of hydrogen-bond donors (Lipinski definition) is 3. The summed E-state index contributed by atoms with van der Waals surface area (Å²) in [4.78, 5) is 8.90. The van der Waals surface area contributed by atoms with Crippen molar-refractivity contribution in [3.63, 3.8) is 0 Å². The summed E-state index contributed by atoms with van der Waals surface area (Å²) in [5.41, 5.74) is 0. The molecule has 2 saturated carbocycles. The molecule has 0 radical (unpaired) electrons. The molecule has 2 aliphatic carbocycles. The minimum Gasteiger partial charge on any atom is -0.393 e. The van der Waals surface area contributed by atoms with E-state index in [9.17, 15) is 5.11 Å². The van der Waals surface area contributed by atoms with Gasteiger partial charge in [-0.25, -0.2) is 4.98 Å². The number of nitrogens with zero attached hydrogens (tertiary/aromatic N) is 2. The Kier molecular flexibility index (Phi) is 4.95. The van der Waals surface area contributed by atoms with Crippen LogP contribution < -0.4 is 10.6 Å². The van der Waals surface area contributed by atoms with E-state index >= 15 is 0 Å². The van der Waals surface area contributed by atoms with E-state index in [0.29, 0.717) is 12.0 Å². The maximum atomic E-state index is 9.57. The number of anilines is 2. The monoisotopic (exact) mass is 354 g/mol. The SMILES string of the molecule is OC1CCC(Nc2nc(NCC3CCC3)ncc2Br)CC1. The van der Waals surface area contributed by atoms with Gasteiger partial charge in [0.25, 0.3) is 0 Å². The first-order valence-corrected chi connectivity index (χ1v) is 8.71. The second kappa shape index (κ2) is 6.92. The van der Waals surface area contributed by atoms with Crippen molar-refractivity contribution in [3.8, 4) is 0 Å². The number of aliphatic hydroxyl groups excluding tert-OH is 1. The fourth-order valence-corrected chi connectivity index (χ4v) is 3.21. The average molecular weight is 355 g/mol. The summed E-state index contributed by atoms with van der Waals surface area (Å²) >= 11 is 3.51. The molecule has 0 aliphatic heterocycles. The van der Waals surface area contributed by atoms with Crippen LogP contribution in [0.2, 0.25) is 0 Å². The molecule has 0 saturated heterocycles. The first kappa shape index (κ1) is 15.0. The molecular formula is C15H23BrN4O. The van der Waals surface area contributed by atoms with Crippen LogP contribution in [0.3, 0.4) is 0 Å². The van der Waals surface area contributed by atoms with E-state index in [1.807, 2.05) is 0 Å². The molecule has 116 valence electrons. The van der Waals surface area contributed by atoms with Crippen LogP contribution in [0.1, 0.15) is 44.9 Å². The summed E-state index contributed by atoms with van der Waals surface area (Å²) in [5.74, 6) is 2.33. The third-order valence-electron chi connectivity index (χ3n) is 4.56. The molecular weight excluding hydrogens is 332 g/mol. The summed E-state index contributed by atoms with van der Waals surface area (Å²) in [5, 5.41) is 16.4. The summed E-state index contributed by atoms with van der Waals surface area (Å²) in [6.45, 7) is 0.969. The predicted octanol–water partition coefficient (Wildman–Crippen LogP) is 3.17. The Balaban J connectivity index is 1.57. The molecule has 0 aromatic carbocycles. The van der Waals surface area contributed by atoms with E-state index in [1.165, 1.54) is 19.3 Å². The Morgan fingerprint density at radius 2 is 1.95 bits per heavy atom. The lowest BCUT2D eigenvalue weighted by atomic mass is 9.85. The van der Waals surface area contributed by atoms with Crippen molar-refractivity contribution in [2.24, 2.45) is 5.92 Å². The zero-order chi connectivity index (χ0) is 14.7. The molecule has 21 heavy (non-hydrogen) atoms. The van der Waals surface area contributed by atoms with Crippen molar-refractivity contribution in [2.75, 3.05) is 17.2 Å². The highest BCUT2D eigenvalue weighted by molar-refractivity contribution is 9.10. The minimum atomic E-state index is -0.128. The van der Waals surface area contributed by atoms with E-state index in [0.717, 1.165) is 48.4 Å². The third kappa shape index (κ3) is 4.07. The number of aromatic nitrogens is 2. The van der Waals surface area contributed by atoms with Crippen LogP contribution in [-0.4, -0.2) is 33.8 Å². The fraction of sp³-hybridized carbons (Fsp3) is 0.733. The largest absolute Gasteiger partial charge is 0.393 e. The molecule has 3 rings (SSSR count). The number of nitrogens with one attached hydrogen (secondary N) is 2. The molecule has 0 unspecified atom stereocenters. The van der Waals surface area contributed by atoms with E-state index in [2.05, 4.69) is 36.5 Å². The first-order valence-electron chi connectivity index (χ1n) is 7.91. The molecule has 0 bridgehead atoms. The van der Waals surface area contributed by atoms with Crippen molar-refractivity contribution in [1.82, 2.24) is 9.97 Å². The molecule has 2 fully saturated rings. The molecule has 0 atom stereocenters. The maximum Gasteiger partial charge on any atom is 0.224 e. The zero-order valence-corrected chi connectivity index (χ0v) is 13.8. The van der Waals surface area contributed by atoms with Gasteiger partial charge in [0.2, 0.25) is 5.95 Å². The summed E-state index contributed by atoms with van der Waals surface area (Å²) in [6.07, 6.45) is 9.38. The van der Waals surface area contributed by atoms with Gasteiger partial charge in [0.05, 0.1) is 10.6 Å². The van der Waals surface area contributed by atoms with E-state index in [1.54, 1.807) is 6.20 Å². The van der Waals surface area contributed by atoms with Gasteiger partial charge >= 0.3 is 0 Å². The Labute approximate surface area is 134 Å². The van der Waals surface area contributed by atoms with Crippen molar-refractivity contribution in [1.29, 1.82) is 0 Å². The number of aliphatic hydroxyl groups is 1. The van der Waals surface area contributed by atoms with Crippen LogP contribution in [-0.2, 0) is 0 Å². The Morgan fingerprint density at radius 3 is 2.62 bits per heavy atom. The van der Waals surface area contributed by atoms with Crippen molar-refractivity contribution in [3.05, 3.63) is 10.7 Å². The zero-order valence-electron chi connectivity index (χ0n) is 12.2. The number of hydrogen-bond acceptors (Lipinski definition) is 5. The van der Waals surface area contributed by atoms with Gasteiger partial charge in [0.1, 0.15) is 5.82 Å². The minimum absolute atomic E-state index is 0.128. The average Bonchev–Trinajstić information content (AvgIpc) is 2.43. The van der Waals surface area contributed by atoms with Gasteiger partial charge in [-0.1, -0.05) is 6.42 Å². The van der Waals surface area contributed by atoms with E-state index < -0.39 is 0 Å². The second-order valence-electron chi connectivity index (χ2n) is 6.22. The van der Waals surface area contributed by atoms with Gasteiger partial charge in [-0.05, 0) is 60.4 Å². The lowest BCUT2D eigenvalue weighted by Gasteiger charge is -2.27. The van der Waals surface area contributed by atoms with Gasteiger partial charge in [-0.15, -0.1) is 0 Å². The van der Waals surface area contributed by atoms with Crippen molar-refractivity contribution in [2.45, 2.75) is 57.1 Å². The quantitative estimate of drug-likeness (QED) is 0.757. The molecule has 1 aromatic heterocycles. The van der Waals surface area contributed by atoms with Gasteiger partial charge in [-0.3, -0.25) is 0 Å². The topological polar surface area (TPSA) is 70.1 Å². The van der Waals surface area contributed by atoms with Crippen LogP contribution in [0, 0.1) is 5.92 Å². The number of rotatable bonds is 5. The molecule has 5 nitrogen and oxygen atoms in total. The highest BCUT2D eigenvalue weighted by Crippen LogP contribution is 2.28. The lowest BCUT2D eigenvalue weighted by molar-refractivity contribution is 0.126. The Morgan fingerprint density at radius 1 is 1.19 bits per heavy atom. The van der Waals surface area contributed by atoms with Crippen molar-refractivity contribution >= 4 is 27.7 Å². The van der Waals surface area contributed by atoms with Crippen LogP contribution in [0.15, 0.2) is 10.7 Å². The number of halogens is 1. The Bertz CT molecular complexity index is 473. The normalized spacial score (nSPS) is 26.2. The smallest absolute Gasteiger partial charge is 0.224 e. The van der Waals surface area contributed by atoms with Crippen LogP contribution in [0.5, 0.6) is 0 Å². The van der Waals surface area contributed by atoms with Gasteiger partial charge in [0.15, 0.2) is 0 Å². The van der Waals surface area contributed by atoms with Crippen LogP contribution in [0.4, 0.5) is 11.8 Å². The highest BCUT2D eigenvalue weighted by atomic mass is 79.9. The van der Waals surface area contributed by atoms with E-state index in [4.69, 9.17) is 0 Å². The molecule has 6 heteroatoms. The molecule has 0 amide bonds. The van der Waals surface area contributed by atoms with E-state index in [-0.39, 0.29) is 6.10 Å². The molecule has 1 aromatic rings. The van der Waals surface area contributed by atoms with Gasteiger partial charge in [-0.2, -0.15) is 4.98 Å². The lowest BCUT2D eigenvalue weighted by Crippen LogP contribution is -2.29. The Hall–Kier alpha value is -0.880. The molecule has 1 heterocycles. The van der Waals surface area contributed by atoms with Crippen LogP contribution in [0.25, 0.3) is 0 Å². The standard InChI is InChI=1S/C15H23BrN4O/c16-13-9-18-15(17-8-10-2-1-3-10)20-14(13)19-11-4-6-12(21)7-5-11/h9-12,21H,1-8H2,(H2,17,18,19,20). The predicted molar refractivity (Wildman–Crippen MR) is 87.4 cm³/mol. The van der Waals surface area contributed by atoms with Gasteiger partial charge in [0, 0.05) is 18.8 Å². The maximum absolute atomic E-state index is 9.57. The first-order chi connectivity index (χ1) is 10.2. The molecule has 0 spiro atoms. The van der Waals surface area contributed by atoms with Gasteiger partial charge < -0.3 is 15.7 Å². The van der Waals surface area contributed by atoms with Crippen molar-refractivity contribution < 1.29 is 5.11 Å². The summed E-state index contributed by atoms with van der Waals surface area (Å²) in [7, 11) is 0. The molecule has 2 aliphatic rings. The second-order valence-corrected chi connectivity index (χ2v) is 7.07. The molecule has 3 N–H and O–H groups in total. The summed E-state index contributed by atoms with van der Waals surface area (Å²) < 4.78 is 0.891. The third-order valence-corrected chi connectivity index (χ3v) is 5.14. The fourth-order valence-electron chi connectivity index (χ4n) is 2.90. The van der Waals surface area contributed by atoms with Crippen LogP contribution >= 0.6 is 15.9 Å². The summed E-state index contributed by atoms with van der Waals surface area (Å²) in [6, 6.07) is 0.388.